The molecule has 0 spiro atoms. The number of esters is 1. The van der Waals surface area contributed by atoms with E-state index in [4.69, 9.17) is 10.00 Å². The quantitative estimate of drug-likeness (QED) is 0.491. The zero-order valence-corrected chi connectivity index (χ0v) is 15.6. The highest BCUT2D eigenvalue weighted by molar-refractivity contribution is 6.08. The minimum absolute atomic E-state index is 0.313. The van der Waals surface area contributed by atoms with Crippen LogP contribution in [0.1, 0.15) is 25.8 Å². The molecule has 0 bridgehead atoms. The lowest BCUT2D eigenvalue weighted by atomic mass is 9.99. The predicted octanol–water partition coefficient (Wildman–Crippen LogP) is 2.85. The van der Waals surface area contributed by atoms with E-state index >= 15 is 0 Å². The molecular weight excluding hydrogens is 358 g/mol. The van der Waals surface area contributed by atoms with Crippen LogP contribution in [0.5, 0.6) is 5.75 Å². The number of rotatable bonds is 5. The second kappa shape index (κ2) is 7.53. The number of carbonyl (C=O) groups excluding carboxylic acids is 3. The van der Waals surface area contributed by atoms with Crippen molar-refractivity contribution < 1.29 is 19.1 Å². The van der Waals surface area contributed by atoms with Crippen molar-refractivity contribution >= 4 is 17.9 Å². The molecule has 0 radical (unpaired) electrons. The van der Waals surface area contributed by atoms with Crippen LogP contribution in [-0.4, -0.2) is 34.9 Å². The number of hydrogen-bond acceptors (Lipinski definition) is 5. The largest absolute Gasteiger partial charge is 0.425 e. The summed E-state index contributed by atoms with van der Waals surface area (Å²) in [6, 6.07) is 15.4. The Morgan fingerprint density at radius 2 is 1.68 bits per heavy atom. The van der Waals surface area contributed by atoms with Gasteiger partial charge < -0.3 is 10.1 Å². The van der Waals surface area contributed by atoms with E-state index < -0.39 is 30.0 Å². The van der Waals surface area contributed by atoms with E-state index in [1.165, 1.54) is 0 Å². The van der Waals surface area contributed by atoms with Gasteiger partial charge in [0, 0.05) is 0 Å². The van der Waals surface area contributed by atoms with Gasteiger partial charge in [0.15, 0.2) is 0 Å². The summed E-state index contributed by atoms with van der Waals surface area (Å²) in [7, 11) is 0. The van der Waals surface area contributed by atoms with Crippen molar-refractivity contribution in [3.8, 4) is 22.9 Å². The molecule has 28 heavy (non-hydrogen) atoms. The average Bonchev–Trinajstić information content (AvgIpc) is 2.92. The van der Waals surface area contributed by atoms with Gasteiger partial charge >= 0.3 is 12.0 Å². The van der Waals surface area contributed by atoms with Crippen LogP contribution in [0.2, 0.25) is 0 Å². The van der Waals surface area contributed by atoms with Crippen LogP contribution in [0.25, 0.3) is 11.1 Å². The lowest BCUT2D eigenvalue weighted by Crippen LogP contribution is -2.43. The first-order valence-corrected chi connectivity index (χ1v) is 8.81. The number of ether oxygens (including phenoxy) is 1. The zero-order chi connectivity index (χ0) is 20.3. The third-order valence-electron chi connectivity index (χ3n) is 4.77. The SMILES string of the molecule is CC[C@@]1(C)NC(=O)N(CC(=O)Oc2ccc(-c3ccc(C#N)cc3)cc2)C1=O. The Morgan fingerprint density at radius 1 is 1.11 bits per heavy atom. The smallest absolute Gasteiger partial charge is 0.331 e. The first-order valence-electron chi connectivity index (χ1n) is 8.81. The van der Waals surface area contributed by atoms with Gasteiger partial charge in [-0.15, -0.1) is 0 Å². The van der Waals surface area contributed by atoms with Crippen molar-refractivity contribution in [1.82, 2.24) is 10.2 Å². The lowest BCUT2D eigenvalue weighted by molar-refractivity contribution is -0.140. The maximum Gasteiger partial charge on any atom is 0.331 e. The molecule has 1 fully saturated rings. The molecule has 1 saturated heterocycles. The van der Waals surface area contributed by atoms with Crippen LogP contribution in [0.4, 0.5) is 4.79 Å². The summed E-state index contributed by atoms with van der Waals surface area (Å²) < 4.78 is 5.25. The van der Waals surface area contributed by atoms with Crippen LogP contribution >= 0.6 is 0 Å². The van der Waals surface area contributed by atoms with Crippen molar-refractivity contribution in [2.75, 3.05) is 6.54 Å². The Balaban J connectivity index is 1.64. The van der Waals surface area contributed by atoms with Crippen LogP contribution < -0.4 is 10.1 Å². The van der Waals surface area contributed by atoms with Gasteiger partial charge in [-0.25, -0.2) is 9.59 Å². The predicted molar refractivity (Wildman–Crippen MR) is 101 cm³/mol. The highest BCUT2D eigenvalue weighted by atomic mass is 16.5. The summed E-state index contributed by atoms with van der Waals surface area (Å²) in [5.41, 5.74) is 1.42. The fourth-order valence-corrected chi connectivity index (χ4v) is 2.88. The van der Waals surface area contributed by atoms with Crippen molar-refractivity contribution in [2.45, 2.75) is 25.8 Å². The minimum Gasteiger partial charge on any atom is -0.425 e. The number of hydrogen-bond donors (Lipinski definition) is 1. The standard InChI is InChI=1S/C21H19N3O4/c1-3-21(2)19(26)24(20(27)23-21)13-18(25)28-17-10-8-16(9-11-17)15-6-4-14(12-22)5-7-15/h4-11H,3,13H2,1-2H3,(H,23,27)/t21-/m1/s1. The maximum absolute atomic E-state index is 12.3. The monoisotopic (exact) mass is 377 g/mol. The third kappa shape index (κ3) is 3.71. The Kier molecular flexibility index (Phi) is 5.14. The topological polar surface area (TPSA) is 99.5 Å². The lowest BCUT2D eigenvalue weighted by Gasteiger charge is -2.18. The van der Waals surface area contributed by atoms with Crippen molar-refractivity contribution in [3.63, 3.8) is 0 Å². The van der Waals surface area contributed by atoms with Gasteiger partial charge in [-0.1, -0.05) is 31.2 Å². The number of amides is 3. The van der Waals surface area contributed by atoms with E-state index in [2.05, 4.69) is 11.4 Å². The summed E-state index contributed by atoms with van der Waals surface area (Å²) in [6.45, 7) is 2.97. The van der Waals surface area contributed by atoms with Gasteiger partial charge in [0.1, 0.15) is 17.8 Å². The summed E-state index contributed by atoms with van der Waals surface area (Å²) >= 11 is 0. The summed E-state index contributed by atoms with van der Waals surface area (Å²) in [5.74, 6) is -0.823. The molecule has 0 aromatic heterocycles. The average molecular weight is 377 g/mol. The number of carbonyl (C=O) groups is 3. The molecule has 2 aromatic carbocycles. The Hall–Kier alpha value is -3.66. The molecular formula is C21H19N3O4. The molecule has 7 nitrogen and oxygen atoms in total. The fraction of sp³-hybridized carbons (Fsp3) is 0.238. The van der Waals surface area contributed by atoms with Gasteiger partial charge in [0.25, 0.3) is 5.91 Å². The molecule has 2 aromatic rings. The Labute approximate surface area is 162 Å². The second-order valence-corrected chi connectivity index (χ2v) is 6.69. The maximum atomic E-state index is 12.3. The van der Waals surface area contributed by atoms with Crippen molar-refractivity contribution in [3.05, 3.63) is 54.1 Å². The second-order valence-electron chi connectivity index (χ2n) is 6.69. The molecule has 7 heteroatoms. The molecule has 3 amide bonds. The number of urea groups is 1. The molecule has 1 aliphatic rings. The van der Waals surface area contributed by atoms with E-state index in [0.717, 1.165) is 16.0 Å². The van der Waals surface area contributed by atoms with Crippen LogP contribution in [0, 0.1) is 11.3 Å². The molecule has 142 valence electrons. The Bertz CT molecular complexity index is 961. The first kappa shape index (κ1) is 19.1. The third-order valence-corrected chi connectivity index (χ3v) is 4.77. The zero-order valence-electron chi connectivity index (χ0n) is 15.6. The van der Waals surface area contributed by atoms with Crippen LogP contribution in [-0.2, 0) is 9.59 Å². The summed E-state index contributed by atoms with van der Waals surface area (Å²) in [5, 5.41) is 11.4. The van der Waals surface area contributed by atoms with Crippen molar-refractivity contribution in [1.29, 1.82) is 5.26 Å². The highest BCUT2D eigenvalue weighted by Crippen LogP contribution is 2.24. The van der Waals surface area contributed by atoms with Gasteiger partial charge in [-0.3, -0.25) is 9.69 Å². The normalized spacial score (nSPS) is 18.5. The van der Waals surface area contributed by atoms with E-state index in [9.17, 15) is 14.4 Å². The number of imide groups is 1. The van der Waals surface area contributed by atoms with Gasteiger partial charge in [0.2, 0.25) is 0 Å². The van der Waals surface area contributed by atoms with E-state index in [1.54, 1.807) is 50.2 Å². The highest BCUT2D eigenvalue weighted by Gasteiger charge is 2.47. The number of benzene rings is 2. The number of nitriles is 1. The van der Waals surface area contributed by atoms with Gasteiger partial charge in [-0.05, 0) is 48.7 Å². The molecule has 3 rings (SSSR count). The van der Waals surface area contributed by atoms with Gasteiger partial charge in [-0.2, -0.15) is 5.26 Å². The van der Waals surface area contributed by atoms with Crippen LogP contribution in [0.3, 0.4) is 0 Å². The fourth-order valence-electron chi connectivity index (χ4n) is 2.88. The van der Waals surface area contributed by atoms with Gasteiger partial charge in [0.05, 0.1) is 11.6 Å². The minimum atomic E-state index is -0.986. The summed E-state index contributed by atoms with van der Waals surface area (Å²) in [6.07, 6.45) is 0.430. The molecule has 0 aliphatic carbocycles. The molecule has 0 saturated carbocycles. The molecule has 1 N–H and O–H groups in total. The van der Waals surface area contributed by atoms with E-state index in [0.29, 0.717) is 17.7 Å². The molecule has 1 aliphatic heterocycles. The van der Waals surface area contributed by atoms with Crippen LogP contribution in [0.15, 0.2) is 48.5 Å². The molecule has 1 heterocycles. The van der Waals surface area contributed by atoms with E-state index in [1.807, 2.05) is 12.1 Å². The first-order chi connectivity index (χ1) is 13.4. The molecule has 0 unspecified atom stereocenters. The van der Waals surface area contributed by atoms with E-state index in [-0.39, 0.29) is 0 Å². The van der Waals surface area contributed by atoms with Crippen molar-refractivity contribution in [2.24, 2.45) is 0 Å². The summed E-state index contributed by atoms with van der Waals surface area (Å²) in [4.78, 5) is 37.3. The Morgan fingerprint density at radius 3 is 2.18 bits per heavy atom. The number of nitrogens with one attached hydrogen (secondary N) is 1. The number of nitrogens with zero attached hydrogens (tertiary/aromatic N) is 2. The molecule has 1 atom stereocenters.